The Balaban J connectivity index is 2.46. The van der Waals surface area contributed by atoms with Crippen LogP contribution in [0.2, 0.25) is 0 Å². The van der Waals surface area contributed by atoms with Crippen molar-refractivity contribution in [2.75, 3.05) is 12.4 Å². The second-order valence-corrected chi connectivity index (χ2v) is 3.31. The Morgan fingerprint density at radius 3 is 2.33 bits per heavy atom. The van der Waals surface area contributed by atoms with Gasteiger partial charge in [0.15, 0.2) is 0 Å². The summed E-state index contributed by atoms with van der Waals surface area (Å²) in [6.45, 7) is 0. The van der Waals surface area contributed by atoms with Gasteiger partial charge in [-0.2, -0.15) is 0 Å². The second-order valence-electron chi connectivity index (χ2n) is 3.31. The van der Waals surface area contributed by atoms with E-state index in [2.05, 4.69) is 5.32 Å². The highest BCUT2D eigenvalue weighted by Gasteiger charge is 2.02. The average Bonchev–Trinajstić information content (AvgIpc) is 2.31. The van der Waals surface area contributed by atoms with Crippen LogP contribution < -0.4 is 5.32 Å². The molecule has 0 radical (unpaired) electrons. The van der Waals surface area contributed by atoms with Crippen LogP contribution in [0.3, 0.4) is 0 Å². The van der Waals surface area contributed by atoms with Gasteiger partial charge < -0.3 is 5.32 Å². The summed E-state index contributed by atoms with van der Waals surface area (Å²) in [4.78, 5) is 0. The van der Waals surface area contributed by atoms with E-state index in [1.54, 1.807) is 13.1 Å². The summed E-state index contributed by atoms with van der Waals surface area (Å²) in [7, 11) is 1.72. The fourth-order valence-electron chi connectivity index (χ4n) is 1.53. The van der Waals surface area contributed by atoms with E-state index in [1.807, 2.05) is 36.4 Å². The number of hydrogen-bond donors (Lipinski definition) is 1. The summed E-state index contributed by atoms with van der Waals surface area (Å²) < 4.78 is 13.2. The highest BCUT2D eigenvalue weighted by molar-refractivity contribution is 5.68. The smallest absolute Gasteiger partial charge is 0.146 e. The van der Waals surface area contributed by atoms with Crippen molar-refractivity contribution < 1.29 is 4.39 Å². The number of benzene rings is 2. The molecule has 0 heterocycles. The summed E-state index contributed by atoms with van der Waals surface area (Å²) in [6, 6.07) is 15.0. The molecule has 0 amide bonds. The first-order valence-electron chi connectivity index (χ1n) is 4.84. The Kier molecular flexibility index (Phi) is 2.68. The van der Waals surface area contributed by atoms with Gasteiger partial charge in [-0.05, 0) is 23.3 Å². The molecule has 0 saturated carbocycles. The van der Waals surface area contributed by atoms with E-state index in [1.165, 1.54) is 6.07 Å². The van der Waals surface area contributed by atoms with Crippen molar-refractivity contribution in [1.82, 2.24) is 0 Å². The number of nitrogens with one attached hydrogen (secondary N) is 1. The van der Waals surface area contributed by atoms with Crippen molar-refractivity contribution in [2.45, 2.75) is 0 Å². The van der Waals surface area contributed by atoms with Gasteiger partial charge in [-0.25, -0.2) is 4.39 Å². The highest BCUT2D eigenvalue weighted by atomic mass is 19.1. The Bertz CT molecular complexity index is 451. The van der Waals surface area contributed by atoms with Gasteiger partial charge in [0.05, 0.1) is 5.69 Å². The van der Waals surface area contributed by atoms with Crippen LogP contribution in [0.15, 0.2) is 48.5 Å². The first-order valence-corrected chi connectivity index (χ1v) is 4.84. The molecule has 15 heavy (non-hydrogen) atoms. The van der Waals surface area contributed by atoms with Crippen LogP contribution in [0.1, 0.15) is 0 Å². The van der Waals surface area contributed by atoms with Crippen molar-refractivity contribution in [1.29, 1.82) is 0 Å². The lowest BCUT2D eigenvalue weighted by atomic mass is 10.1. The molecule has 0 saturated heterocycles. The minimum atomic E-state index is -0.225. The molecule has 2 aromatic rings. The molecule has 0 unspecified atom stereocenters. The average molecular weight is 201 g/mol. The van der Waals surface area contributed by atoms with Gasteiger partial charge in [0.1, 0.15) is 5.82 Å². The van der Waals surface area contributed by atoms with E-state index in [9.17, 15) is 4.39 Å². The van der Waals surface area contributed by atoms with Gasteiger partial charge in [0.2, 0.25) is 0 Å². The summed E-state index contributed by atoms with van der Waals surface area (Å²) in [5.74, 6) is -0.225. The minimum Gasteiger partial charge on any atom is -0.386 e. The second kappa shape index (κ2) is 4.13. The van der Waals surface area contributed by atoms with Gasteiger partial charge in [0, 0.05) is 7.05 Å². The predicted octanol–water partition coefficient (Wildman–Crippen LogP) is 3.53. The Labute approximate surface area is 88.6 Å². The normalized spacial score (nSPS) is 10.0. The van der Waals surface area contributed by atoms with Crippen molar-refractivity contribution in [3.63, 3.8) is 0 Å². The van der Waals surface area contributed by atoms with Gasteiger partial charge in [-0.1, -0.05) is 36.4 Å². The largest absolute Gasteiger partial charge is 0.386 e. The topological polar surface area (TPSA) is 12.0 Å². The van der Waals surface area contributed by atoms with Gasteiger partial charge >= 0.3 is 0 Å². The third-order valence-electron chi connectivity index (χ3n) is 2.34. The molecule has 76 valence electrons. The molecule has 0 spiro atoms. The molecule has 0 fully saturated rings. The van der Waals surface area contributed by atoms with E-state index in [0.29, 0.717) is 5.69 Å². The Morgan fingerprint density at radius 2 is 1.67 bits per heavy atom. The van der Waals surface area contributed by atoms with E-state index in [-0.39, 0.29) is 5.82 Å². The van der Waals surface area contributed by atoms with Gasteiger partial charge in [-0.15, -0.1) is 0 Å². The first-order chi connectivity index (χ1) is 7.31. The van der Waals surface area contributed by atoms with E-state index in [4.69, 9.17) is 0 Å². The zero-order valence-corrected chi connectivity index (χ0v) is 8.50. The Morgan fingerprint density at radius 1 is 0.933 bits per heavy atom. The molecular formula is C13H12FN. The van der Waals surface area contributed by atoms with E-state index >= 15 is 0 Å². The third-order valence-corrected chi connectivity index (χ3v) is 2.34. The van der Waals surface area contributed by atoms with Crippen LogP contribution in [0.25, 0.3) is 11.1 Å². The first kappa shape index (κ1) is 9.71. The monoisotopic (exact) mass is 201 g/mol. The maximum absolute atomic E-state index is 13.2. The predicted molar refractivity (Wildman–Crippen MR) is 61.4 cm³/mol. The number of anilines is 1. The van der Waals surface area contributed by atoms with Gasteiger partial charge in [0.25, 0.3) is 0 Å². The zero-order chi connectivity index (χ0) is 10.7. The van der Waals surface area contributed by atoms with Crippen molar-refractivity contribution in [3.8, 4) is 11.1 Å². The van der Waals surface area contributed by atoms with Crippen LogP contribution in [0.5, 0.6) is 0 Å². The maximum atomic E-state index is 13.2. The molecule has 0 atom stereocenters. The molecule has 0 aliphatic rings. The molecule has 0 bridgehead atoms. The highest BCUT2D eigenvalue weighted by Crippen LogP contribution is 2.24. The molecule has 0 aromatic heterocycles. The standard InChI is InChI=1S/C13H12FN/c1-15-13-9-11(7-8-12(13)14)10-5-3-2-4-6-10/h2-9,15H,1H3. The van der Waals surface area contributed by atoms with Crippen LogP contribution in [0.4, 0.5) is 10.1 Å². The van der Waals surface area contributed by atoms with Crippen LogP contribution in [0, 0.1) is 5.82 Å². The lowest BCUT2D eigenvalue weighted by Gasteiger charge is -2.06. The van der Waals surface area contributed by atoms with E-state index < -0.39 is 0 Å². The molecule has 2 aromatic carbocycles. The molecule has 2 rings (SSSR count). The fourth-order valence-corrected chi connectivity index (χ4v) is 1.53. The lowest BCUT2D eigenvalue weighted by Crippen LogP contribution is -1.92. The third kappa shape index (κ3) is 1.99. The maximum Gasteiger partial charge on any atom is 0.146 e. The fraction of sp³-hybridized carbons (Fsp3) is 0.0769. The number of hydrogen-bond acceptors (Lipinski definition) is 1. The molecule has 1 nitrogen and oxygen atoms in total. The SMILES string of the molecule is CNc1cc(-c2ccccc2)ccc1F. The van der Waals surface area contributed by atoms with Gasteiger partial charge in [-0.3, -0.25) is 0 Å². The summed E-state index contributed by atoms with van der Waals surface area (Å²) in [6.07, 6.45) is 0. The molecule has 1 N–H and O–H groups in total. The summed E-state index contributed by atoms with van der Waals surface area (Å²) >= 11 is 0. The lowest BCUT2D eigenvalue weighted by molar-refractivity contribution is 0.631. The quantitative estimate of drug-likeness (QED) is 0.783. The van der Waals surface area contributed by atoms with E-state index in [0.717, 1.165) is 11.1 Å². The van der Waals surface area contributed by atoms with Crippen LogP contribution in [-0.2, 0) is 0 Å². The summed E-state index contributed by atoms with van der Waals surface area (Å²) in [5.41, 5.74) is 2.63. The molecule has 0 aliphatic heterocycles. The van der Waals surface area contributed by atoms with Crippen LogP contribution >= 0.6 is 0 Å². The summed E-state index contributed by atoms with van der Waals surface area (Å²) in [5, 5.41) is 2.83. The number of rotatable bonds is 2. The zero-order valence-electron chi connectivity index (χ0n) is 8.50. The number of halogens is 1. The van der Waals surface area contributed by atoms with Crippen molar-refractivity contribution in [2.24, 2.45) is 0 Å². The van der Waals surface area contributed by atoms with Crippen molar-refractivity contribution >= 4 is 5.69 Å². The van der Waals surface area contributed by atoms with Crippen molar-refractivity contribution in [3.05, 3.63) is 54.3 Å². The van der Waals surface area contributed by atoms with Crippen LogP contribution in [-0.4, -0.2) is 7.05 Å². The minimum absolute atomic E-state index is 0.225. The Hall–Kier alpha value is -1.83. The molecule has 0 aliphatic carbocycles. The molecular weight excluding hydrogens is 189 g/mol. The molecule has 2 heteroatoms.